The first-order valence-electron chi connectivity index (χ1n) is 10.7. The lowest BCUT2D eigenvalue weighted by atomic mass is 9.97. The third-order valence-electron chi connectivity index (χ3n) is 5.92. The summed E-state index contributed by atoms with van der Waals surface area (Å²) < 4.78 is 5.46. The zero-order valence-corrected chi connectivity index (χ0v) is 17.6. The van der Waals surface area contributed by atoms with E-state index in [-0.39, 0.29) is 25.7 Å². The van der Waals surface area contributed by atoms with E-state index < -0.39 is 18.3 Å². The van der Waals surface area contributed by atoms with E-state index >= 15 is 0 Å². The Kier molecular flexibility index (Phi) is 6.85. The molecule has 2 atom stereocenters. The van der Waals surface area contributed by atoms with Gasteiger partial charge in [-0.1, -0.05) is 72.8 Å². The second-order valence-corrected chi connectivity index (χ2v) is 7.89. The quantitative estimate of drug-likeness (QED) is 0.437. The highest BCUT2D eigenvalue weighted by Gasteiger charge is 2.29. The van der Waals surface area contributed by atoms with Gasteiger partial charge in [0.25, 0.3) is 0 Å². The number of alkyl carbamates (subject to hydrolysis) is 1. The number of amides is 1. The predicted octanol–water partition coefficient (Wildman–Crippen LogP) is 3.15. The molecule has 32 heavy (non-hydrogen) atoms. The molecule has 0 fully saturated rings. The molecule has 1 aliphatic rings. The van der Waals surface area contributed by atoms with E-state index in [2.05, 4.69) is 17.4 Å². The van der Waals surface area contributed by atoms with Crippen molar-refractivity contribution in [1.82, 2.24) is 5.32 Å². The van der Waals surface area contributed by atoms with Gasteiger partial charge < -0.3 is 25.4 Å². The van der Waals surface area contributed by atoms with Crippen molar-refractivity contribution >= 4 is 6.09 Å². The van der Waals surface area contributed by atoms with E-state index in [1.165, 1.54) is 0 Å². The van der Waals surface area contributed by atoms with Crippen molar-refractivity contribution in [3.63, 3.8) is 0 Å². The monoisotopic (exact) mass is 433 g/mol. The highest BCUT2D eigenvalue weighted by atomic mass is 16.5. The number of hydrogen-bond acceptors (Lipinski definition) is 5. The van der Waals surface area contributed by atoms with Crippen LogP contribution < -0.4 is 5.32 Å². The van der Waals surface area contributed by atoms with E-state index in [4.69, 9.17) is 4.74 Å². The Balaban J connectivity index is 1.34. The summed E-state index contributed by atoms with van der Waals surface area (Å²) in [5.74, 6) is -0.0472. The van der Waals surface area contributed by atoms with Crippen molar-refractivity contribution in [2.45, 2.75) is 24.5 Å². The Hall–Kier alpha value is -3.19. The zero-order valence-electron chi connectivity index (χ0n) is 17.6. The predicted molar refractivity (Wildman–Crippen MR) is 121 cm³/mol. The summed E-state index contributed by atoms with van der Waals surface area (Å²) in [6.07, 6.45) is -2.68. The molecule has 4 N–H and O–H groups in total. The molecular weight excluding hydrogens is 406 g/mol. The Bertz CT molecular complexity index is 1040. The van der Waals surface area contributed by atoms with Gasteiger partial charge in [-0.2, -0.15) is 0 Å². The number of nitrogens with one attached hydrogen (secondary N) is 1. The van der Waals surface area contributed by atoms with E-state index in [1.54, 1.807) is 18.2 Å². The van der Waals surface area contributed by atoms with Crippen LogP contribution in [0.25, 0.3) is 11.1 Å². The molecule has 6 heteroatoms. The fourth-order valence-corrected chi connectivity index (χ4v) is 4.33. The van der Waals surface area contributed by atoms with E-state index in [0.717, 1.165) is 27.8 Å². The lowest BCUT2D eigenvalue weighted by Gasteiger charge is -2.21. The lowest BCUT2D eigenvalue weighted by molar-refractivity contribution is 0.0179. The topological polar surface area (TPSA) is 99.0 Å². The summed E-state index contributed by atoms with van der Waals surface area (Å²) in [6.45, 7) is -0.0407. The van der Waals surface area contributed by atoms with Crippen molar-refractivity contribution in [2.24, 2.45) is 0 Å². The van der Waals surface area contributed by atoms with E-state index in [0.29, 0.717) is 12.0 Å². The minimum Gasteiger partial charge on any atom is -0.449 e. The molecule has 0 heterocycles. The molecule has 3 aromatic carbocycles. The molecule has 0 spiro atoms. The smallest absolute Gasteiger partial charge is 0.407 e. The number of ether oxygens (including phenoxy) is 1. The summed E-state index contributed by atoms with van der Waals surface area (Å²) in [6, 6.07) is 23.2. The Labute approximate surface area is 187 Å². The van der Waals surface area contributed by atoms with Gasteiger partial charge in [0, 0.05) is 19.1 Å². The first kappa shape index (κ1) is 22.0. The maximum atomic E-state index is 12.3. The molecule has 0 saturated carbocycles. The second-order valence-electron chi connectivity index (χ2n) is 7.89. The van der Waals surface area contributed by atoms with Gasteiger partial charge in [0.1, 0.15) is 18.8 Å². The van der Waals surface area contributed by atoms with Crippen molar-refractivity contribution in [3.05, 3.63) is 95.1 Å². The van der Waals surface area contributed by atoms with Crippen LogP contribution in [0.15, 0.2) is 72.8 Å². The van der Waals surface area contributed by atoms with Crippen molar-refractivity contribution < 1.29 is 24.9 Å². The summed E-state index contributed by atoms with van der Waals surface area (Å²) >= 11 is 0. The number of carbonyl (C=O) groups excluding carboxylic acids is 1. The molecule has 1 aliphatic carbocycles. The molecule has 0 aromatic heterocycles. The summed E-state index contributed by atoms with van der Waals surface area (Å²) in [5, 5.41) is 32.6. The normalized spacial score (nSPS) is 14.3. The highest BCUT2D eigenvalue weighted by molar-refractivity contribution is 5.79. The number of hydrogen-bond donors (Lipinski definition) is 4. The standard InChI is InChI=1S/C26H27NO5/c28-14-13-17-7-1-2-8-18(17)25(30)24(29)15-27-26(31)32-16-23-21-11-5-3-9-19(21)20-10-4-6-12-22(20)23/h1-12,23-25,28-30H,13-16H2,(H,27,31). The third kappa shape index (κ3) is 4.53. The van der Waals surface area contributed by atoms with Crippen molar-refractivity contribution in [1.29, 1.82) is 0 Å². The van der Waals surface area contributed by atoms with Crippen molar-refractivity contribution in [2.75, 3.05) is 19.8 Å². The van der Waals surface area contributed by atoms with Crippen molar-refractivity contribution in [3.8, 4) is 11.1 Å². The average Bonchev–Trinajstić information content (AvgIpc) is 3.15. The minimum atomic E-state index is -1.21. The van der Waals surface area contributed by atoms with Gasteiger partial charge in [-0.3, -0.25) is 0 Å². The van der Waals surface area contributed by atoms with E-state index in [9.17, 15) is 20.1 Å². The van der Waals surface area contributed by atoms with Gasteiger partial charge in [-0.25, -0.2) is 4.79 Å². The Morgan fingerprint density at radius 2 is 1.50 bits per heavy atom. The van der Waals surface area contributed by atoms with Gasteiger partial charge in [-0.15, -0.1) is 0 Å². The average molecular weight is 434 g/mol. The molecule has 1 amide bonds. The number of carbonyl (C=O) groups is 1. The van der Waals surface area contributed by atoms with Gasteiger partial charge in [-0.05, 0) is 39.8 Å². The maximum absolute atomic E-state index is 12.3. The number of aliphatic hydroxyl groups is 3. The Morgan fingerprint density at radius 1 is 0.906 bits per heavy atom. The molecule has 0 saturated heterocycles. The molecule has 166 valence electrons. The lowest BCUT2D eigenvalue weighted by Crippen LogP contribution is -2.36. The molecule has 0 aliphatic heterocycles. The number of aliphatic hydroxyl groups excluding tert-OH is 3. The molecule has 3 aromatic rings. The van der Waals surface area contributed by atoms with Crippen LogP contribution in [0, 0.1) is 0 Å². The zero-order chi connectivity index (χ0) is 22.5. The van der Waals surface area contributed by atoms with Crippen LogP contribution >= 0.6 is 0 Å². The molecular formula is C26H27NO5. The second kappa shape index (κ2) is 9.96. The molecule has 0 radical (unpaired) electrons. The number of fused-ring (bicyclic) bond motifs is 3. The van der Waals surface area contributed by atoms with E-state index in [1.807, 2.05) is 42.5 Å². The third-order valence-corrected chi connectivity index (χ3v) is 5.92. The molecule has 0 bridgehead atoms. The van der Waals surface area contributed by atoms with Crippen LogP contribution in [0.2, 0.25) is 0 Å². The fraction of sp³-hybridized carbons (Fsp3) is 0.269. The molecule has 2 unspecified atom stereocenters. The van der Waals surface area contributed by atoms with Gasteiger partial charge in [0.2, 0.25) is 0 Å². The summed E-state index contributed by atoms with van der Waals surface area (Å²) in [5.41, 5.74) is 5.83. The number of benzene rings is 3. The Morgan fingerprint density at radius 3 is 2.16 bits per heavy atom. The molecule has 6 nitrogen and oxygen atoms in total. The van der Waals surface area contributed by atoms with Crippen LogP contribution in [0.5, 0.6) is 0 Å². The van der Waals surface area contributed by atoms with Gasteiger partial charge in [0.05, 0.1) is 0 Å². The summed E-state index contributed by atoms with van der Waals surface area (Å²) in [7, 11) is 0. The highest BCUT2D eigenvalue weighted by Crippen LogP contribution is 2.44. The largest absolute Gasteiger partial charge is 0.449 e. The first-order chi connectivity index (χ1) is 15.6. The number of rotatable bonds is 8. The van der Waals surface area contributed by atoms with Crippen LogP contribution in [0.4, 0.5) is 4.79 Å². The molecule has 4 rings (SSSR count). The first-order valence-corrected chi connectivity index (χ1v) is 10.7. The van der Waals surface area contributed by atoms with Crippen LogP contribution in [-0.4, -0.2) is 47.3 Å². The minimum absolute atomic E-state index is 0.0472. The van der Waals surface area contributed by atoms with Gasteiger partial charge in [0.15, 0.2) is 0 Å². The maximum Gasteiger partial charge on any atom is 0.407 e. The van der Waals surface area contributed by atoms with Crippen LogP contribution in [-0.2, 0) is 11.2 Å². The van der Waals surface area contributed by atoms with Crippen LogP contribution in [0.1, 0.15) is 34.3 Å². The van der Waals surface area contributed by atoms with Gasteiger partial charge >= 0.3 is 6.09 Å². The summed E-state index contributed by atoms with van der Waals surface area (Å²) in [4.78, 5) is 12.3. The van der Waals surface area contributed by atoms with Crippen LogP contribution in [0.3, 0.4) is 0 Å². The fourth-order valence-electron chi connectivity index (χ4n) is 4.33. The SMILES string of the molecule is O=C(NCC(O)C(O)c1ccccc1CCO)OCC1c2ccccc2-c2ccccc21.